The average molecular weight is 655 g/mol. The zero-order valence-electron chi connectivity index (χ0n) is 25.4. The van der Waals surface area contributed by atoms with E-state index in [1.54, 1.807) is 0 Å². The van der Waals surface area contributed by atoms with Crippen molar-refractivity contribution in [3.05, 3.63) is 118 Å². The lowest BCUT2D eigenvalue weighted by atomic mass is 9.70. The summed E-state index contributed by atoms with van der Waals surface area (Å²) in [5.41, 5.74) is 2.51. The standard InChI is InChI=1S/C36H41Cl2N3O2.ClH/c1-3-33(42)39(2)36(29-14-8-5-9-15-29)20-24-40(25-21-36)22-10-18-35(30-16-17-31(37)32(38)26-30)19-11-23-41(27-35)34(43)28-12-6-4-7-13-28;/h3-9,12-17,26H,1,10-11,18-25,27H2,2H3;1H. The quantitative estimate of drug-likeness (QED) is 0.220. The second kappa shape index (κ2) is 15.0. The molecule has 234 valence electrons. The van der Waals surface area contributed by atoms with Crippen LogP contribution in [-0.4, -0.2) is 66.3 Å². The number of rotatable bonds is 9. The van der Waals surface area contributed by atoms with Gasteiger partial charge in [0, 0.05) is 44.2 Å². The molecule has 0 saturated carbocycles. The van der Waals surface area contributed by atoms with E-state index in [0.717, 1.165) is 75.8 Å². The van der Waals surface area contributed by atoms with Gasteiger partial charge in [-0.3, -0.25) is 9.59 Å². The monoisotopic (exact) mass is 653 g/mol. The second-order valence-electron chi connectivity index (χ2n) is 12.0. The van der Waals surface area contributed by atoms with Gasteiger partial charge in [-0.2, -0.15) is 0 Å². The Morgan fingerprint density at radius 1 is 0.886 bits per heavy atom. The van der Waals surface area contributed by atoms with Crippen LogP contribution in [0.2, 0.25) is 10.0 Å². The topological polar surface area (TPSA) is 43.9 Å². The third-order valence-electron chi connectivity index (χ3n) is 9.69. The van der Waals surface area contributed by atoms with Gasteiger partial charge < -0.3 is 14.7 Å². The molecule has 0 radical (unpaired) electrons. The third-order valence-corrected chi connectivity index (χ3v) is 10.4. The van der Waals surface area contributed by atoms with E-state index in [0.29, 0.717) is 16.6 Å². The number of hydrogen-bond acceptors (Lipinski definition) is 3. The molecule has 1 atom stereocenters. The van der Waals surface area contributed by atoms with Crippen LogP contribution < -0.4 is 0 Å². The van der Waals surface area contributed by atoms with Crippen molar-refractivity contribution in [1.82, 2.24) is 14.7 Å². The van der Waals surface area contributed by atoms with Crippen molar-refractivity contribution in [2.24, 2.45) is 0 Å². The zero-order chi connectivity index (χ0) is 30.5. The Labute approximate surface area is 278 Å². The van der Waals surface area contributed by atoms with E-state index in [1.165, 1.54) is 11.6 Å². The van der Waals surface area contributed by atoms with Crippen molar-refractivity contribution < 1.29 is 9.59 Å². The van der Waals surface area contributed by atoms with E-state index in [4.69, 9.17) is 23.2 Å². The first-order valence-corrected chi connectivity index (χ1v) is 16.0. The Bertz CT molecular complexity index is 1430. The summed E-state index contributed by atoms with van der Waals surface area (Å²) in [5, 5.41) is 1.10. The second-order valence-corrected chi connectivity index (χ2v) is 12.9. The maximum atomic E-state index is 13.5. The highest BCUT2D eigenvalue weighted by atomic mass is 35.5. The van der Waals surface area contributed by atoms with E-state index >= 15 is 0 Å². The fourth-order valence-corrected chi connectivity index (χ4v) is 7.48. The predicted octanol–water partition coefficient (Wildman–Crippen LogP) is 8.01. The first-order chi connectivity index (χ1) is 20.8. The summed E-state index contributed by atoms with van der Waals surface area (Å²) in [5.74, 6) is 0.0315. The normalized spacial score (nSPS) is 19.9. The first-order valence-electron chi connectivity index (χ1n) is 15.3. The summed E-state index contributed by atoms with van der Waals surface area (Å²) in [6.45, 7) is 7.91. The maximum Gasteiger partial charge on any atom is 0.253 e. The molecule has 5 rings (SSSR count). The van der Waals surface area contributed by atoms with Crippen molar-refractivity contribution in [3.63, 3.8) is 0 Å². The van der Waals surface area contributed by atoms with Crippen LogP contribution in [0.1, 0.15) is 60.0 Å². The maximum absolute atomic E-state index is 13.5. The van der Waals surface area contributed by atoms with Crippen LogP contribution in [0.5, 0.6) is 0 Å². The van der Waals surface area contributed by atoms with Gasteiger partial charge in [-0.25, -0.2) is 0 Å². The molecule has 5 nitrogen and oxygen atoms in total. The molecule has 0 bridgehead atoms. The van der Waals surface area contributed by atoms with Crippen molar-refractivity contribution >= 4 is 47.4 Å². The average Bonchev–Trinajstić information content (AvgIpc) is 3.06. The smallest absolute Gasteiger partial charge is 0.253 e. The summed E-state index contributed by atoms with van der Waals surface area (Å²) >= 11 is 12.8. The van der Waals surface area contributed by atoms with Crippen LogP contribution in [0.15, 0.2) is 91.5 Å². The predicted molar refractivity (Wildman–Crippen MR) is 183 cm³/mol. The number of carbonyl (C=O) groups excluding carboxylic acids is 2. The van der Waals surface area contributed by atoms with E-state index in [2.05, 4.69) is 29.7 Å². The van der Waals surface area contributed by atoms with Crippen LogP contribution in [0.4, 0.5) is 0 Å². The molecule has 2 saturated heterocycles. The van der Waals surface area contributed by atoms with Crippen molar-refractivity contribution in [1.29, 1.82) is 0 Å². The lowest BCUT2D eigenvalue weighted by Crippen LogP contribution is -2.53. The molecule has 0 spiro atoms. The lowest BCUT2D eigenvalue weighted by molar-refractivity contribution is -0.133. The molecule has 0 aliphatic carbocycles. The molecular weight excluding hydrogens is 613 g/mol. The Balaban J connectivity index is 0.00000442. The fourth-order valence-electron chi connectivity index (χ4n) is 7.18. The summed E-state index contributed by atoms with van der Waals surface area (Å²) in [7, 11) is 1.90. The highest BCUT2D eigenvalue weighted by Gasteiger charge is 2.42. The third kappa shape index (κ3) is 7.18. The van der Waals surface area contributed by atoms with Crippen LogP contribution in [0.25, 0.3) is 0 Å². The SMILES string of the molecule is C=CC(=O)N(C)C1(c2ccccc2)CCN(CCCC2(c3ccc(Cl)c(Cl)c3)CCCN(C(=O)c3ccccc3)C2)CC1.Cl. The van der Waals surface area contributed by atoms with E-state index in [1.807, 2.05) is 77.5 Å². The van der Waals surface area contributed by atoms with Crippen molar-refractivity contribution in [3.8, 4) is 0 Å². The number of hydrogen-bond donors (Lipinski definition) is 0. The van der Waals surface area contributed by atoms with E-state index < -0.39 is 0 Å². The van der Waals surface area contributed by atoms with Crippen LogP contribution in [-0.2, 0) is 15.7 Å². The minimum atomic E-state index is -0.341. The van der Waals surface area contributed by atoms with E-state index in [-0.39, 0.29) is 35.2 Å². The Morgan fingerprint density at radius 3 is 2.18 bits per heavy atom. The molecule has 0 N–H and O–H groups in total. The summed E-state index contributed by atoms with van der Waals surface area (Å²) in [6.07, 6.45) is 7.01. The Kier molecular flexibility index (Phi) is 11.6. The highest BCUT2D eigenvalue weighted by Crippen LogP contribution is 2.42. The Morgan fingerprint density at radius 2 is 1.55 bits per heavy atom. The summed E-state index contributed by atoms with van der Waals surface area (Å²) in [6, 6.07) is 25.9. The number of carbonyl (C=O) groups is 2. The molecule has 3 aromatic rings. The molecular formula is C36H42Cl3N3O2. The largest absolute Gasteiger partial charge is 0.338 e. The van der Waals surface area contributed by atoms with Crippen molar-refractivity contribution in [2.75, 3.05) is 39.8 Å². The molecule has 2 aliphatic rings. The molecule has 2 aliphatic heterocycles. The number of halogens is 3. The number of nitrogens with zero attached hydrogens (tertiary/aromatic N) is 3. The first kappa shape index (κ1) is 34.1. The number of likely N-dealkylation sites (N-methyl/N-ethyl adjacent to an activating group) is 1. The lowest BCUT2D eigenvalue weighted by Gasteiger charge is -2.48. The van der Waals surface area contributed by atoms with E-state index in [9.17, 15) is 9.59 Å². The minimum Gasteiger partial charge on any atom is -0.338 e. The molecule has 2 heterocycles. The molecule has 8 heteroatoms. The van der Waals surface area contributed by atoms with Crippen LogP contribution in [0, 0.1) is 0 Å². The number of amides is 2. The molecule has 1 unspecified atom stereocenters. The number of likely N-dealkylation sites (tertiary alicyclic amines) is 2. The van der Waals surface area contributed by atoms with Gasteiger partial charge in [0.2, 0.25) is 5.91 Å². The molecule has 2 fully saturated rings. The molecule has 3 aromatic carbocycles. The highest BCUT2D eigenvalue weighted by molar-refractivity contribution is 6.42. The van der Waals surface area contributed by atoms with Gasteiger partial charge in [-0.1, -0.05) is 84.4 Å². The van der Waals surface area contributed by atoms with Crippen molar-refractivity contribution in [2.45, 2.75) is 49.5 Å². The molecule has 0 aromatic heterocycles. The fraction of sp³-hybridized carbons (Fsp3) is 0.389. The van der Waals surface area contributed by atoms with Gasteiger partial charge in [-0.15, -0.1) is 12.4 Å². The van der Waals surface area contributed by atoms with Gasteiger partial charge >= 0.3 is 0 Å². The van der Waals surface area contributed by atoms with Gasteiger partial charge in [-0.05, 0) is 86.5 Å². The summed E-state index contributed by atoms with van der Waals surface area (Å²) < 4.78 is 0. The van der Waals surface area contributed by atoms with Crippen LogP contribution >= 0.6 is 35.6 Å². The van der Waals surface area contributed by atoms with Gasteiger partial charge in [0.05, 0.1) is 15.6 Å². The van der Waals surface area contributed by atoms with Gasteiger partial charge in [0.1, 0.15) is 0 Å². The minimum absolute atomic E-state index is 0. The zero-order valence-corrected chi connectivity index (χ0v) is 27.7. The summed E-state index contributed by atoms with van der Waals surface area (Å²) in [4.78, 5) is 32.7. The Hall–Kier alpha value is -2.83. The number of benzene rings is 3. The van der Waals surface area contributed by atoms with Gasteiger partial charge in [0.25, 0.3) is 5.91 Å². The molecule has 44 heavy (non-hydrogen) atoms. The van der Waals surface area contributed by atoms with Crippen LogP contribution in [0.3, 0.4) is 0 Å². The van der Waals surface area contributed by atoms with Gasteiger partial charge in [0.15, 0.2) is 0 Å². The number of piperidine rings is 2. The molecule has 2 amide bonds.